The van der Waals surface area contributed by atoms with E-state index in [2.05, 4.69) is 0 Å². The zero-order chi connectivity index (χ0) is 11.2. The molecule has 2 rings (SSSR count). The van der Waals surface area contributed by atoms with Crippen LogP contribution in [0, 0.1) is 0 Å². The van der Waals surface area contributed by atoms with Crippen molar-refractivity contribution < 1.29 is 22.5 Å². The number of hydrogen-bond acceptors (Lipinski definition) is 4. The fourth-order valence-electron chi connectivity index (χ4n) is 1.43. The van der Waals surface area contributed by atoms with Crippen LogP contribution in [0.3, 0.4) is 0 Å². The number of ketones is 1. The maximum absolute atomic E-state index is 11.5. The summed E-state index contributed by atoms with van der Waals surface area (Å²) in [6, 6.07) is 3.68. The van der Waals surface area contributed by atoms with Crippen molar-refractivity contribution in [1.82, 2.24) is 0 Å². The smallest absolute Gasteiger partial charge is 0.294 e. The molecule has 1 heterocycles. The van der Waals surface area contributed by atoms with Crippen LogP contribution in [0.1, 0.15) is 17.3 Å². The zero-order valence-electron chi connectivity index (χ0n) is 7.80. The molecule has 1 aliphatic rings. The lowest BCUT2D eigenvalue weighted by atomic mass is 10.1. The van der Waals surface area contributed by atoms with Gasteiger partial charge in [0.1, 0.15) is 5.75 Å². The number of Topliss-reactive ketones (excluding diaryl/α,β-unsaturated/α-hetero) is 1. The molecule has 0 aromatic heterocycles. The second-order valence-electron chi connectivity index (χ2n) is 3.26. The predicted molar refractivity (Wildman–Crippen MR) is 50.7 cm³/mol. The minimum atomic E-state index is -4.27. The summed E-state index contributed by atoms with van der Waals surface area (Å²) in [6.07, 6.45) is -0.600. The van der Waals surface area contributed by atoms with Gasteiger partial charge in [-0.1, -0.05) is 0 Å². The average molecular weight is 228 g/mol. The fourth-order valence-corrected chi connectivity index (χ4v) is 1.93. The van der Waals surface area contributed by atoms with Crippen molar-refractivity contribution in [3.63, 3.8) is 0 Å². The van der Waals surface area contributed by atoms with E-state index < -0.39 is 16.2 Å². The minimum Gasteiger partial charge on any atom is -0.482 e. The number of ether oxygens (including phenoxy) is 1. The van der Waals surface area contributed by atoms with Crippen LogP contribution >= 0.6 is 0 Å². The Morgan fingerprint density at radius 3 is 2.67 bits per heavy atom. The molecular formula is C9H8O5S. The molecule has 0 bridgehead atoms. The van der Waals surface area contributed by atoms with Crippen LogP contribution in [-0.4, -0.2) is 24.9 Å². The molecule has 1 atom stereocenters. The zero-order valence-corrected chi connectivity index (χ0v) is 8.61. The summed E-state index contributed by atoms with van der Waals surface area (Å²) in [4.78, 5) is 11.2. The van der Waals surface area contributed by atoms with Gasteiger partial charge in [0.25, 0.3) is 10.1 Å². The molecule has 0 saturated carbocycles. The summed E-state index contributed by atoms with van der Waals surface area (Å²) in [5.41, 5.74) is 0.192. The van der Waals surface area contributed by atoms with Gasteiger partial charge >= 0.3 is 0 Å². The number of rotatable bonds is 1. The number of carbonyl (C=O) groups is 1. The highest BCUT2D eigenvalue weighted by Crippen LogP contribution is 2.30. The van der Waals surface area contributed by atoms with Gasteiger partial charge in [-0.3, -0.25) is 9.35 Å². The van der Waals surface area contributed by atoms with Crippen LogP contribution in [0.5, 0.6) is 5.75 Å². The lowest BCUT2D eigenvalue weighted by molar-refractivity contribution is 0.0878. The Morgan fingerprint density at radius 2 is 2.07 bits per heavy atom. The normalized spacial score (nSPS) is 19.9. The second kappa shape index (κ2) is 3.04. The molecule has 80 valence electrons. The first kappa shape index (κ1) is 10.1. The van der Waals surface area contributed by atoms with E-state index in [0.717, 1.165) is 6.07 Å². The molecule has 5 nitrogen and oxygen atoms in total. The summed E-state index contributed by atoms with van der Waals surface area (Å²) in [5.74, 6) is 0.0652. The van der Waals surface area contributed by atoms with Crippen LogP contribution in [0.2, 0.25) is 0 Å². The summed E-state index contributed by atoms with van der Waals surface area (Å²) in [7, 11) is -4.27. The molecule has 6 heteroatoms. The SMILES string of the molecule is CC1Oc2ccc(S(=O)(=O)O)cc2C1=O. The molecule has 1 N–H and O–H groups in total. The number of benzene rings is 1. The Bertz CT molecular complexity index is 531. The monoisotopic (exact) mass is 228 g/mol. The highest BCUT2D eigenvalue weighted by molar-refractivity contribution is 7.85. The van der Waals surface area contributed by atoms with Crippen molar-refractivity contribution in [2.75, 3.05) is 0 Å². The van der Waals surface area contributed by atoms with Gasteiger partial charge in [-0.05, 0) is 25.1 Å². The van der Waals surface area contributed by atoms with Crippen LogP contribution in [0.15, 0.2) is 23.1 Å². The third-order valence-electron chi connectivity index (χ3n) is 2.19. The fraction of sp³-hybridized carbons (Fsp3) is 0.222. The van der Waals surface area contributed by atoms with Gasteiger partial charge in [-0.25, -0.2) is 0 Å². The van der Waals surface area contributed by atoms with E-state index in [1.54, 1.807) is 6.92 Å². The maximum atomic E-state index is 11.5. The lowest BCUT2D eigenvalue weighted by Crippen LogP contribution is -2.14. The summed E-state index contributed by atoms with van der Waals surface area (Å²) in [5, 5.41) is 0. The highest BCUT2D eigenvalue weighted by Gasteiger charge is 2.29. The maximum Gasteiger partial charge on any atom is 0.294 e. The first-order valence-corrected chi connectivity index (χ1v) is 5.66. The number of fused-ring (bicyclic) bond motifs is 1. The quantitative estimate of drug-likeness (QED) is 0.722. The third-order valence-corrected chi connectivity index (χ3v) is 3.04. The Labute approximate surface area is 86.4 Å². The van der Waals surface area contributed by atoms with E-state index in [1.165, 1.54) is 12.1 Å². The van der Waals surface area contributed by atoms with Crippen molar-refractivity contribution in [3.05, 3.63) is 23.8 Å². The molecule has 0 spiro atoms. The molecule has 0 saturated heterocycles. The number of carbonyl (C=O) groups excluding carboxylic acids is 1. The lowest BCUT2D eigenvalue weighted by Gasteiger charge is -2.00. The highest BCUT2D eigenvalue weighted by atomic mass is 32.2. The molecule has 1 aromatic carbocycles. The predicted octanol–water partition coefficient (Wildman–Crippen LogP) is 0.897. The van der Waals surface area contributed by atoms with Gasteiger partial charge in [-0.15, -0.1) is 0 Å². The van der Waals surface area contributed by atoms with Crippen LogP contribution < -0.4 is 4.74 Å². The van der Waals surface area contributed by atoms with Crippen molar-refractivity contribution in [2.24, 2.45) is 0 Å². The van der Waals surface area contributed by atoms with E-state index in [1.807, 2.05) is 0 Å². The summed E-state index contributed by atoms with van der Waals surface area (Å²) < 4.78 is 35.6. The Hall–Kier alpha value is -1.40. The van der Waals surface area contributed by atoms with Gasteiger partial charge in [-0.2, -0.15) is 8.42 Å². The van der Waals surface area contributed by atoms with E-state index in [9.17, 15) is 13.2 Å². The first-order valence-electron chi connectivity index (χ1n) is 4.22. The average Bonchev–Trinajstić information content (AvgIpc) is 2.41. The molecule has 0 fully saturated rings. The van der Waals surface area contributed by atoms with Gasteiger partial charge < -0.3 is 4.74 Å². The van der Waals surface area contributed by atoms with Crippen LogP contribution in [0.25, 0.3) is 0 Å². The van der Waals surface area contributed by atoms with Gasteiger partial charge in [0.2, 0.25) is 5.78 Å². The molecule has 0 aliphatic carbocycles. The van der Waals surface area contributed by atoms with E-state index in [-0.39, 0.29) is 16.2 Å². The van der Waals surface area contributed by atoms with Crippen molar-refractivity contribution in [2.45, 2.75) is 17.9 Å². The van der Waals surface area contributed by atoms with Crippen LogP contribution in [-0.2, 0) is 10.1 Å². The summed E-state index contributed by atoms with van der Waals surface area (Å²) in [6.45, 7) is 1.58. The van der Waals surface area contributed by atoms with E-state index >= 15 is 0 Å². The molecule has 1 aliphatic heterocycles. The second-order valence-corrected chi connectivity index (χ2v) is 4.68. The van der Waals surface area contributed by atoms with E-state index in [4.69, 9.17) is 9.29 Å². The van der Waals surface area contributed by atoms with Crippen molar-refractivity contribution in [1.29, 1.82) is 0 Å². The van der Waals surface area contributed by atoms with Gasteiger partial charge in [0, 0.05) is 0 Å². The first-order chi connectivity index (χ1) is 6.89. The molecule has 0 radical (unpaired) electrons. The Balaban J connectivity index is 2.59. The van der Waals surface area contributed by atoms with Gasteiger partial charge in [0.05, 0.1) is 10.5 Å². The van der Waals surface area contributed by atoms with E-state index in [0.29, 0.717) is 5.75 Å². The standard InChI is InChI=1S/C9H8O5S/c1-5-9(10)7-4-6(15(11,12)13)2-3-8(7)14-5/h2-5H,1H3,(H,11,12,13). The topological polar surface area (TPSA) is 80.7 Å². The van der Waals surface area contributed by atoms with Crippen LogP contribution in [0.4, 0.5) is 0 Å². The largest absolute Gasteiger partial charge is 0.482 e. The van der Waals surface area contributed by atoms with Crippen molar-refractivity contribution >= 4 is 15.9 Å². The molecule has 15 heavy (non-hydrogen) atoms. The number of hydrogen-bond donors (Lipinski definition) is 1. The minimum absolute atomic E-state index is 0.192. The molecule has 1 aromatic rings. The molecule has 0 amide bonds. The molecular weight excluding hydrogens is 220 g/mol. The Morgan fingerprint density at radius 1 is 1.40 bits per heavy atom. The van der Waals surface area contributed by atoms with Gasteiger partial charge in [0.15, 0.2) is 6.10 Å². The molecule has 1 unspecified atom stereocenters. The third kappa shape index (κ3) is 1.62. The Kier molecular flexibility index (Phi) is 2.06. The van der Waals surface area contributed by atoms with Crippen molar-refractivity contribution in [3.8, 4) is 5.75 Å². The summed E-state index contributed by atoms with van der Waals surface area (Å²) >= 11 is 0.